The molecule has 0 aliphatic heterocycles. The molecule has 3 nitrogen and oxygen atoms in total. The molecule has 0 saturated carbocycles. The number of nitrogens with zero attached hydrogens (tertiary/aromatic N) is 3. The summed E-state index contributed by atoms with van der Waals surface area (Å²) in [4.78, 5) is 1.39. The van der Waals surface area contributed by atoms with Crippen molar-refractivity contribution in [2.75, 3.05) is 0 Å². The number of halogens is 2. The van der Waals surface area contributed by atoms with E-state index < -0.39 is 0 Å². The third kappa shape index (κ3) is 1.66. The summed E-state index contributed by atoms with van der Waals surface area (Å²) in [6, 6.07) is 9.43. The fraction of sp³-hybridized carbons (Fsp3) is 0. The molecular weight excluding hydrogens is 209 g/mol. The minimum absolute atomic E-state index is 0.213. The maximum atomic E-state index is 5.65. The number of benzene rings is 1. The van der Waals surface area contributed by atoms with E-state index in [4.69, 9.17) is 23.2 Å². The monoisotopic (exact) mass is 213 g/mol. The van der Waals surface area contributed by atoms with Crippen molar-refractivity contribution in [2.24, 2.45) is 0 Å². The SMILES string of the molecule is Clc1nn(-c2ccccc2)nc1Cl. The molecule has 0 atom stereocenters. The molecule has 2 aromatic rings. The van der Waals surface area contributed by atoms with Gasteiger partial charge < -0.3 is 0 Å². The second kappa shape index (κ2) is 3.36. The van der Waals surface area contributed by atoms with Crippen LogP contribution in [0.1, 0.15) is 0 Å². The van der Waals surface area contributed by atoms with E-state index in [0.717, 1.165) is 5.69 Å². The fourth-order valence-corrected chi connectivity index (χ4v) is 1.17. The summed E-state index contributed by atoms with van der Waals surface area (Å²) >= 11 is 11.3. The van der Waals surface area contributed by atoms with E-state index in [-0.39, 0.29) is 10.3 Å². The third-order valence-electron chi connectivity index (χ3n) is 1.52. The minimum atomic E-state index is 0.213. The normalized spacial score (nSPS) is 10.3. The second-order valence-electron chi connectivity index (χ2n) is 2.41. The standard InChI is InChI=1S/C8H5Cl2N3/c9-7-8(10)12-13(11-7)6-4-2-1-3-5-6/h1-5H. The molecule has 0 spiro atoms. The molecule has 1 aromatic carbocycles. The van der Waals surface area contributed by atoms with E-state index in [1.165, 1.54) is 4.80 Å². The van der Waals surface area contributed by atoms with Crippen LogP contribution in [0.15, 0.2) is 30.3 Å². The van der Waals surface area contributed by atoms with Crippen molar-refractivity contribution < 1.29 is 0 Å². The quantitative estimate of drug-likeness (QED) is 0.730. The maximum Gasteiger partial charge on any atom is 0.190 e. The molecule has 5 heteroatoms. The molecule has 1 heterocycles. The molecule has 13 heavy (non-hydrogen) atoms. The highest BCUT2D eigenvalue weighted by molar-refractivity contribution is 6.40. The van der Waals surface area contributed by atoms with Gasteiger partial charge in [0.05, 0.1) is 5.69 Å². The lowest BCUT2D eigenvalue weighted by atomic mass is 10.3. The van der Waals surface area contributed by atoms with Crippen LogP contribution in [0.25, 0.3) is 5.69 Å². The topological polar surface area (TPSA) is 30.7 Å². The van der Waals surface area contributed by atoms with Crippen molar-refractivity contribution in [1.29, 1.82) is 0 Å². The van der Waals surface area contributed by atoms with Gasteiger partial charge in [-0.15, -0.1) is 15.0 Å². The van der Waals surface area contributed by atoms with Gasteiger partial charge in [0, 0.05) is 0 Å². The second-order valence-corrected chi connectivity index (χ2v) is 3.12. The van der Waals surface area contributed by atoms with Crippen molar-refractivity contribution in [3.8, 4) is 5.69 Å². The summed E-state index contributed by atoms with van der Waals surface area (Å²) < 4.78 is 0. The van der Waals surface area contributed by atoms with Gasteiger partial charge in [0.2, 0.25) is 0 Å². The zero-order valence-corrected chi connectivity index (χ0v) is 8.00. The molecule has 0 fully saturated rings. The van der Waals surface area contributed by atoms with Crippen LogP contribution in [-0.4, -0.2) is 15.0 Å². The number of aromatic nitrogens is 3. The molecule has 1 aromatic heterocycles. The van der Waals surface area contributed by atoms with Crippen LogP contribution >= 0.6 is 23.2 Å². The highest BCUT2D eigenvalue weighted by Crippen LogP contribution is 2.17. The van der Waals surface area contributed by atoms with E-state index >= 15 is 0 Å². The zero-order valence-electron chi connectivity index (χ0n) is 6.48. The van der Waals surface area contributed by atoms with E-state index in [1.807, 2.05) is 30.3 Å². The summed E-state index contributed by atoms with van der Waals surface area (Å²) in [5.74, 6) is 0. The lowest BCUT2D eigenvalue weighted by molar-refractivity contribution is 0.752. The van der Waals surface area contributed by atoms with Crippen LogP contribution in [-0.2, 0) is 0 Å². The maximum absolute atomic E-state index is 5.65. The highest BCUT2D eigenvalue weighted by Gasteiger charge is 2.06. The molecule has 2 rings (SSSR count). The van der Waals surface area contributed by atoms with Gasteiger partial charge in [0.15, 0.2) is 10.3 Å². The number of para-hydroxylation sites is 1. The van der Waals surface area contributed by atoms with E-state index in [2.05, 4.69) is 10.2 Å². The van der Waals surface area contributed by atoms with Gasteiger partial charge in [0.25, 0.3) is 0 Å². The molecule has 0 amide bonds. The van der Waals surface area contributed by atoms with Crippen molar-refractivity contribution in [3.63, 3.8) is 0 Å². The first-order chi connectivity index (χ1) is 6.27. The Balaban J connectivity index is 2.48. The van der Waals surface area contributed by atoms with Crippen LogP contribution in [0.5, 0.6) is 0 Å². The van der Waals surface area contributed by atoms with Gasteiger partial charge in [-0.1, -0.05) is 41.4 Å². The van der Waals surface area contributed by atoms with E-state index in [9.17, 15) is 0 Å². The van der Waals surface area contributed by atoms with Crippen LogP contribution in [0.4, 0.5) is 0 Å². The molecular formula is C8H5Cl2N3. The Morgan fingerprint density at radius 1 is 0.923 bits per heavy atom. The molecule has 0 radical (unpaired) electrons. The van der Waals surface area contributed by atoms with Crippen molar-refractivity contribution in [2.45, 2.75) is 0 Å². The summed E-state index contributed by atoms with van der Waals surface area (Å²) in [6.07, 6.45) is 0. The molecule has 0 aliphatic rings. The van der Waals surface area contributed by atoms with Gasteiger partial charge in [-0.3, -0.25) is 0 Å². The van der Waals surface area contributed by atoms with Crippen molar-refractivity contribution in [3.05, 3.63) is 40.6 Å². The Morgan fingerprint density at radius 2 is 1.46 bits per heavy atom. The number of rotatable bonds is 1. The fourth-order valence-electron chi connectivity index (χ4n) is 0.948. The van der Waals surface area contributed by atoms with Gasteiger partial charge >= 0.3 is 0 Å². The summed E-state index contributed by atoms with van der Waals surface area (Å²) in [5, 5.41) is 8.27. The first kappa shape index (κ1) is 8.53. The Labute approximate surface area is 84.9 Å². The molecule has 0 saturated heterocycles. The Hall–Kier alpha value is -1.06. The van der Waals surface area contributed by atoms with Crippen molar-refractivity contribution in [1.82, 2.24) is 15.0 Å². The van der Waals surface area contributed by atoms with Gasteiger partial charge in [-0.2, -0.15) is 0 Å². The molecule has 0 unspecified atom stereocenters. The van der Waals surface area contributed by atoms with Crippen LogP contribution < -0.4 is 0 Å². The average Bonchev–Trinajstić information content (AvgIpc) is 2.49. The first-order valence-corrected chi connectivity index (χ1v) is 4.37. The Morgan fingerprint density at radius 3 is 2.00 bits per heavy atom. The Bertz CT molecular complexity index is 391. The first-order valence-electron chi connectivity index (χ1n) is 3.61. The Kier molecular flexibility index (Phi) is 2.20. The van der Waals surface area contributed by atoms with Crippen molar-refractivity contribution >= 4 is 23.2 Å². The van der Waals surface area contributed by atoms with E-state index in [1.54, 1.807) is 0 Å². The number of hydrogen-bond donors (Lipinski definition) is 0. The van der Waals surface area contributed by atoms with E-state index in [0.29, 0.717) is 0 Å². The minimum Gasteiger partial charge on any atom is -0.149 e. The zero-order chi connectivity index (χ0) is 9.26. The third-order valence-corrected chi connectivity index (χ3v) is 2.13. The molecule has 0 aliphatic carbocycles. The lowest BCUT2D eigenvalue weighted by Crippen LogP contribution is -1.97. The average molecular weight is 214 g/mol. The molecule has 66 valence electrons. The van der Waals surface area contributed by atoms with Gasteiger partial charge in [-0.25, -0.2) is 0 Å². The summed E-state index contributed by atoms with van der Waals surface area (Å²) in [7, 11) is 0. The van der Waals surface area contributed by atoms with Gasteiger partial charge in [0.1, 0.15) is 0 Å². The largest absolute Gasteiger partial charge is 0.190 e. The van der Waals surface area contributed by atoms with Crippen LogP contribution in [0, 0.1) is 0 Å². The molecule has 0 N–H and O–H groups in total. The van der Waals surface area contributed by atoms with Crippen LogP contribution in [0.3, 0.4) is 0 Å². The predicted molar refractivity (Wildman–Crippen MR) is 51.4 cm³/mol. The highest BCUT2D eigenvalue weighted by atomic mass is 35.5. The smallest absolute Gasteiger partial charge is 0.149 e. The predicted octanol–water partition coefficient (Wildman–Crippen LogP) is 2.57. The number of hydrogen-bond acceptors (Lipinski definition) is 2. The van der Waals surface area contributed by atoms with Gasteiger partial charge in [-0.05, 0) is 12.1 Å². The summed E-state index contributed by atoms with van der Waals surface area (Å²) in [6.45, 7) is 0. The molecule has 0 bridgehead atoms. The van der Waals surface area contributed by atoms with Crippen LogP contribution in [0.2, 0.25) is 10.3 Å². The lowest BCUT2D eigenvalue weighted by Gasteiger charge is -1.95. The summed E-state index contributed by atoms with van der Waals surface area (Å²) in [5.41, 5.74) is 0.830.